The number of nitrogens with two attached hydrogens (primary N) is 1. The summed E-state index contributed by atoms with van der Waals surface area (Å²) in [5, 5.41) is 0.499. The molecule has 0 saturated heterocycles. The summed E-state index contributed by atoms with van der Waals surface area (Å²) < 4.78 is 0. The summed E-state index contributed by atoms with van der Waals surface area (Å²) in [6.45, 7) is 3.87. The van der Waals surface area contributed by atoms with E-state index in [-0.39, 0.29) is 5.91 Å². The van der Waals surface area contributed by atoms with Crippen molar-refractivity contribution < 1.29 is 4.79 Å². The van der Waals surface area contributed by atoms with Gasteiger partial charge >= 0.3 is 0 Å². The van der Waals surface area contributed by atoms with E-state index < -0.39 is 0 Å². The van der Waals surface area contributed by atoms with Crippen LogP contribution in [0.3, 0.4) is 0 Å². The van der Waals surface area contributed by atoms with Crippen molar-refractivity contribution in [1.29, 1.82) is 0 Å². The fourth-order valence-corrected chi connectivity index (χ4v) is 2.27. The lowest BCUT2D eigenvalue weighted by atomic mass is 10.1. The molecule has 106 valence electrons. The summed E-state index contributed by atoms with van der Waals surface area (Å²) in [5.74, 6) is 6.38. The maximum Gasteiger partial charge on any atom is 0.253 e. The fourth-order valence-electron chi connectivity index (χ4n) is 2.05. The molecule has 0 atom stereocenters. The summed E-state index contributed by atoms with van der Waals surface area (Å²) in [6.07, 6.45) is 2.47. The van der Waals surface area contributed by atoms with Crippen molar-refractivity contribution >= 4 is 17.5 Å². The number of rotatable bonds is 4. The second-order valence-electron chi connectivity index (χ2n) is 4.99. The minimum atomic E-state index is 0.0413. The molecule has 0 heterocycles. The van der Waals surface area contributed by atoms with E-state index in [1.165, 1.54) is 12.8 Å². The SMILES string of the molecule is CCN(CC1CC1)C(=O)c1ccc(C#CCN)c(Cl)c1. The first-order valence-electron chi connectivity index (χ1n) is 6.93. The first-order valence-corrected chi connectivity index (χ1v) is 7.31. The van der Waals surface area contributed by atoms with Gasteiger partial charge in [-0.2, -0.15) is 0 Å². The Kier molecular flexibility index (Phi) is 5.05. The zero-order valence-electron chi connectivity index (χ0n) is 11.7. The number of halogens is 1. The van der Waals surface area contributed by atoms with Crippen molar-refractivity contribution in [3.63, 3.8) is 0 Å². The predicted octanol–water partition coefficient (Wildman–Crippen LogP) is 2.52. The second-order valence-corrected chi connectivity index (χ2v) is 5.39. The van der Waals surface area contributed by atoms with Gasteiger partial charge in [-0.3, -0.25) is 4.79 Å². The number of amides is 1. The van der Waals surface area contributed by atoms with Crippen LogP contribution in [0.4, 0.5) is 0 Å². The Hall–Kier alpha value is -1.50. The fraction of sp³-hybridized carbons (Fsp3) is 0.438. The highest BCUT2D eigenvalue weighted by molar-refractivity contribution is 6.32. The van der Waals surface area contributed by atoms with Gasteiger partial charge in [0.1, 0.15) is 0 Å². The molecule has 20 heavy (non-hydrogen) atoms. The van der Waals surface area contributed by atoms with Crippen LogP contribution in [0.15, 0.2) is 18.2 Å². The van der Waals surface area contributed by atoms with Crippen LogP contribution >= 0.6 is 11.6 Å². The molecule has 4 heteroatoms. The molecule has 0 unspecified atom stereocenters. The largest absolute Gasteiger partial charge is 0.339 e. The van der Waals surface area contributed by atoms with Crippen molar-refractivity contribution in [1.82, 2.24) is 4.90 Å². The molecule has 0 aliphatic heterocycles. The third-order valence-electron chi connectivity index (χ3n) is 3.39. The smallest absolute Gasteiger partial charge is 0.253 e. The van der Waals surface area contributed by atoms with Crippen LogP contribution in [-0.4, -0.2) is 30.4 Å². The Labute approximate surface area is 125 Å². The number of hydrogen-bond acceptors (Lipinski definition) is 2. The van der Waals surface area contributed by atoms with Gasteiger partial charge in [0.25, 0.3) is 5.91 Å². The molecule has 3 nitrogen and oxygen atoms in total. The Morgan fingerprint density at radius 1 is 1.50 bits per heavy atom. The molecule has 0 radical (unpaired) electrons. The van der Waals surface area contributed by atoms with Crippen LogP contribution in [0.25, 0.3) is 0 Å². The van der Waals surface area contributed by atoms with E-state index in [1.807, 2.05) is 11.8 Å². The summed E-state index contributed by atoms with van der Waals surface area (Å²) in [4.78, 5) is 14.3. The minimum Gasteiger partial charge on any atom is -0.339 e. The number of nitrogens with zero attached hydrogens (tertiary/aromatic N) is 1. The first-order chi connectivity index (χ1) is 9.65. The molecule has 2 N–H and O–H groups in total. The van der Waals surface area contributed by atoms with Gasteiger partial charge in [0, 0.05) is 24.2 Å². The molecule has 1 aliphatic rings. The van der Waals surface area contributed by atoms with E-state index in [4.69, 9.17) is 17.3 Å². The van der Waals surface area contributed by atoms with Gasteiger partial charge in [0.05, 0.1) is 11.6 Å². The molecule has 1 saturated carbocycles. The van der Waals surface area contributed by atoms with Crippen molar-refractivity contribution in [2.45, 2.75) is 19.8 Å². The third-order valence-corrected chi connectivity index (χ3v) is 3.70. The highest BCUT2D eigenvalue weighted by Crippen LogP contribution is 2.30. The summed E-state index contributed by atoms with van der Waals surface area (Å²) in [6, 6.07) is 5.26. The average Bonchev–Trinajstić information content (AvgIpc) is 3.26. The lowest BCUT2D eigenvalue weighted by molar-refractivity contribution is 0.0757. The standard InChI is InChI=1S/C16H19ClN2O/c1-2-19(11-12-5-6-12)16(20)14-8-7-13(4-3-9-18)15(17)10-14/h7-8,10,12H,2,5-6,9,11,18H2,1H3. The van der Waals surface area contributed by atoms with Crippen LogP contribution in [0.1, 0.15) is 35.7 Å². The molecule has 0 bridgehead atoms. The molecular weight excluding hydrogens is 272 g/mol. The van der Waals surface area contributed by atoms with E-state index in [2.05, 4.69) is 11.8 Å². The predicted molar refractivity (Wildman–Crippen MR) is 81.7 cm³/mol. The molecule has 1 aromatic rings. The molecule has 2 rings (SSSR count). The normalized spacial score (nSPS) is 13.6. The van der Waals surface area contributed by atoms with E-state index in [9.17, 15) is 4.79 Å². The van der Waals surface area contributed by atoms with Crippen LogP contribution in [0.5, 0.6) is 0 Å². The molecule has 1 fully saturated rings. The van der Waals surface area contributed by atoms with Crippen molar-refractivity contribution in [2.24, 2.45) is 11.7 Å². The number of carbonyl (C=O) groups is 1. The topological polar surface area (TPSA) is 46.3 Å². The van der Waals surface area contributed by atoms with Crippen molar-refractivity contribution in [3.8, 4) is 11.8 Å². The lowest BCUT2D eigenvalue weighted by Gasteiger charge is -2.21. The molecule has 0 aromatic heterocycles. The van der Waals surface area contributed by atoms with Crippen LogP contribution in [-0.2, 0) is 0 Å². The van der Waals surface area contributed by atoms with Gasteiger partial charge in [0.15, 0.2) is 0 Å². The molecule has 1 aromatic carbocycles. The van der Waals surface area contributed by atoms with E-state index >= 15 is 0 Å². The van der Waals surface area contributed by atoms with Crippen LogP contribution in [0.2, 0.25) is 5.02 Å². The zero-order chi connectivity index (χ0) is 14.5. The minimum absolute atomic E-state index is 0.0413. The van der Waals surface area contributed by atoms with Crippen molar-refractivity contribution in [3.05, 3.63) is 34.3 Å². The quantitative estimate of drug-likeness (QED) is 0.866. The van der Waals surface area contributed by atoms with Crippen LogP contribution in [0, 0.1) is 17.8 Å². The average molecular weight is 291 g/mol. The highest BCUT2D eigenvalue weighted by atomic mass is 35.5. The summed E-state index contributed by atoms with van der Waals surface area (Å²) in [5.41, 5.74) is 6.67. The Morgan fingerprint density at radius 3 is 2.80 bits per heavy atom. The van der Waals surface area contributed by atoms with Gasteiger partial charge in [-0.25, -0.2) is 0 Å². The first kappa shape index (κ1) is 14.9. The Morgan fingerprint density at radius 2 is 2.25 bits per heavy atom. The monoisotopic (exact) mass is 290 g/mol. The van der Waals surface area contributed by atoms with E-state index in [0.29, 0.717) is 28.6 Å². The maximum absolute atomic E-state index is 12.4. The van der Waals surface area contributed by atoms with Gasteiger partial charge in [-0.1, -0.05) is 23.4 Å². The second kappa shape index (κ2) is 6.78. The number of carbonyl (C=O) groups excluding carboxylic acids is 1. The Bertz CT molecular complexity index is 555. The van der Waals surface area contributed by atoms with Gasteiger partial charge in [-0.05, 0) is 43.9 Å². The highest BCUT2D eigenvalue weighted by Gasteiger charge is 2.26. The van der Waals surface area contributed by atoms with E-state index in [1.54, 1.807) is 18.2 Å². The lowest BCUT2D eigenvalue weighted by Crippen LogP contribution is -2.32. The van der Waals surface area contributed by atoms with E-state index in [0.717, 1.165) is 13.1 Å². The molecule has 1 aliphatic carbocycles. The summed E-state index contributed by atoms with van der Waals surface area (Å²) in [7, 11) is 0. The maximum atomic E-state index is 12.4. The summed E-state index contributed by atoms with van der Waals surface area (Å²) >= 11 is 6.16. The molecule has 0 spiro atoms. The molecular formula is C16H19ClN2O. The number of hydrogen-bond donors (Lipinski definition) is 1. The van der Waals surface area contributed by atoms with Gasteiger partial charge < -0.3 is 10.6 Å². The van der Waals surface area contributed by atoms with Crippen LogP contribution < -0.4 is 5.73 Å². The van der Waals surface area contributed by atoms with Gasteiger partial charge in [0.2, 0.25) is 0 Å². The Balaban J connectivity index is 2.14. The molecule has 1 amide bonds. The van der Waals surface area contributed by atoms with Crippen molar-refractivity contribution in [2.75, 3.05) is 19.6 Å². The zero-order valence-corrected chi connectivity index (χ0v) is 12.4. The van der Waals surface area contributed by atoms with Gasteiger partial charge in [-0.15, -0.1) is 0 Å². The number of benzene rings is 1. The third kappa shape index (κ3) is 3.75.